The molecular weight excluding hydrogens is 565 g/mol. The molecule has 5 aliphatic rings. The molecule has 1 fully saturated rings. The van der Waals surface area contributed by atoms with Crippen molar-refractivity contribution in [3.8, 4) is 11.1 Å². The quantitative estimate of drug-likeness (QED) is 0.200. The van der Waals surface area contributed by atoms with Gasteiger partial charge in [-0.3, -0.25) is 0 Å². The first kappa shape index (κ1) is 29.5. The van der Waals surface area contributed by atoms with E-state index in [2.05, 4.69) is 129 Å². The second kappa shape index (κ2) is 9.49. The Morgan fingerprint density at radius 3 is 2.11 bits per heavy atom. The van der Waals surface area contributed by atoms with E-state index in [-0.39, 0.29) is 16.2 Å². The molecule has 1 spiro atoms. The maximum Gasteiger partial charge on any atom is 0.0473 e. The predicted octanol–water partition coefficient (Wildman–Crippen LogP) is 12.6. The minimum absolute atomic E-state index is 0.0272. The summed E-state index contributed by atoms with van der Waals surface area (Å²) in [4.78, 5) is 0. The Hall–Kier alpha value is -3.64. The lowest BCUT2D eigenvalue weighted by molar-refractivity contribution is 0.227. The van der Waals surface area contributed by atoms with Crippen molar-refractivity contribution in [2.24, 2.45) is 11.8 Å². The number of hydrogen-bond acceptors (Lipinski definition) is 0. The highest BCUT2D eigenvalue weighted by atomic mass is 14.6. The first-order valence-electron chi connectivity index (χ1n) is 18.4. The van der Waals surface area contributed by atoms with Crippen molar-refractivity contribution in [2.75, 3.05) is 0 Å². The number of allylic oxidation sites excluding steroid dienone is 6. The molecule has 0 aliphatic heterocycles. The molecule has 1 saturated carbocycles. The molecule has 0 nitrogen and oxygen atoms in total. The molecule has 0 saturated heterocycles. The number of rotatable bonds is 1. The topological polar surface area (TPSA) is 0 Å². The third kappa shape index (κ3) is 3.55. The summed E-state index contributed by atoms with van der Waals surface area (Å²) in [6, 6.07) is 22.0. The van der Waals surface area contributed by atoms with E-state index in [1.54, 1.807) is 39.0 Å². The van der Waals surface area contributed by atoms with E-state index in [9.17, 15) is 0 Å². The lowest BCUT2D eigenvalue weighted by Gasteiger charge is -2.47. The fraction of sp³-hybridized carbons (Fsp3) is 0.404. The summed E-state index contributed by atoms with van der Waals surface area (Å²) in [5.74, 6) is 1.17. The number of fused-ring (bicyclic) bond motifs is 12. The van der Waals surface area contributed by atoms with Crippen LogP contribution in [0.4, 0.5) is 0 Å². The summed E-state index contributed by atoms with van der Waals surface area (Å²) < 4.78 is 0. The van der Waals surface area contributed by atoms with Crippen LogP contribution in [0.2, 0.25) is 0 Å². The van der Waals surface area contributed by atoms with Gasteiger partial charge in [0.25, 0.3) is 0 Å². The van der Waals surface area contributed by atoms with Gasteiger partial charge in [0.1, 0.15) is 0 Å². The fourth-order valence-corrected chi connectivity index (χ4v) is 12.1. The highest BCUT2D eigenvalue weighted by Crippen LogP contribution is 2.69. The SMILES string of the molecule is CC1=CC2(c3ccc4c(c3-c3cc(C)c5c(C)cc(C)cc5c32)C(C)(C)C2=C4C(C)(C)c3ccccc32)C(C2CCCCC2)C(C)=C1. The molecule has 0 N–H and O–H groups in total. The van der Waals surface area contributed by atoms with Gasteiger partial charge in [-0.25, -0.2) is 0 Å². The highest BCUT2D eigenvalue weighted by Gasteiger charge is 2.57. The van der Waals surface area contributed by atoms with Gasteiger partial charge in [-0.15, -0.1) is 0 Å². The van der Waals surface area contributed by atoms with Crippen molar-refractivity contribution >= 4 is 21.9 Å². The summed E-state index contributed by atoms with van der Waals surface area (Å²) in [6.45, 7) is 21.8. The Labute approximate surface area is 282 Å². The molecular formula is C47H50. The Kier molecular flexibility index (Phi) is 5.96. The summed E-state index contributed by atoms with van der Waals surface area (Å²) in [5, 5.41) is 2.96. The fourth-order valence-electron chi connectivity index (χ4n) is 12.1. The maximum absolute atomic E-state index is 2.74. The van der Waals surface area contributed by atoms with Gasteiger partial charge in [0.15, 0.2) is 0 Å². The van der Waals surface area contributed by atoms with Gasteiger partial charge in [0, 0.05) is 16.2 Å². The predicted molar refractivity (Wildman–Crippen MR) is 201 cm³/mol. The molecule has 0 amide bonds. The molecule has 2 unspecified atom stereocenters. The molecule has 2 atom stereocenters. The van der Waals surface area contributed by atoms with Gasteiger partial charge in [-0.2, -0.15) is 0 Å². The minimum Gasteiger partial charge on any atom is -0.0681 e. The Morgan fingerprint density at radius 1 is 0.638 bits per heavy atom. The molecule has 0 aromatic heterocycles. The molecule has 9 rings (SSSR count). The van der Waals surface area contributed by atoms with Crippen molar-refractivity contribution in [2.45, 2.75) is 111 Å². The Morgan fingerprint density at radius 2 is 1.34 bits per heavy atom. The van der Waals surface area contributed by atoms with Crippen molar-refractivity contribution in [1.29, 1.82) is 0 Å². The van der Waals surface area contributed by atoms with Crippen LogP contribution in [0.3, 0.4) is 0 Å². The van der Waals surface area contributed by atoms with E-state index in [1.165, 1.54) is 87.4 Å². The molecule has 47 heavy (non-hydrogen) atoms. The van der Waals surface area contributed by atoms with E-state index >= 15 is 0 Å². The summed E-state index contributed by atoms with van der Waals surface area (Å²) in [7, 11) is 0. The van der Waals surface area contributed by atoms with E-state index < -0.39 is 0 Å². The van der Waals surface area contributed by atoms with Crippen LogP contribution in [0, 0.1) is 32.6 Å². The van der Waals surface area contributed by atoms with E-state index in [0.717, 1.165) is 0 Å². The zero-order chi connectivity index (χ0) is 32.8. The number of benzene rings is 4. The van der Waals surface area contributed by atoms with Crippen LogP contribution in [0.1, 0.15) is 124 Å². The van der Waals surface area contributed by atoms with Gasteiger partial charge < -0.3 is 0 Å². The van der Waals surface area contributed by atoms with Gasteiger partial charge in [-0.05, 0) is 137 Å². The first-order chi connectivity index (χ1) is 22.4. The van der Waals surface area contributed by atoms with Crippen LogP contribution in [0.5, 0.6) is 0 Å². The second-order valence-corrected chi connectivity index (χ2v) is 17.1. The molecule has 5 aliphatic carbocycles. The zero-order valence-electron chi connectivity index (χ0n) is 30.0. The molecule has 0 heteroatoms. The monoisotopic (exact) mass is 614 g/mol. The maximum atomic E-state index is 2.74. The standard InChI is InChI=1S/C47H50/c1-26-21-28(3)38-29(4)24-35-39-37(20-19-33-42(39)46(8,9)43-32-17-13-14-18-36(32)45(6,7)44(33)43)47(41(35)34(38)23-26)25-27(2)22-30(5)40(47)31-15-11-10-12-16-31/h13-14,17-25,31,40H,10-12,15-16H2,1-9H3. The van der Waals surface area contributed by atoms with Crippen molar-refractivity contribution in [3.63, 3.8) is 0 Å². The Balaban J connectivity index is 1.44. The lowest BCUT2D eigenvalue weighted by atomic mass is 9.56. The van der Waals surface area contributed by atoms with E-state index in [0.29, 0.717) is 11.8 Å². The summed E-state index contributed by atoms with van der Waals surface area (Å²) >= 11 is 0. The molecule has 4 aromatic carbocycles. The van der Waals surface area contributed by atoms with Crippen molar-refractivity contribution in [1.82, 2.24) is 0 Å². The van der Waals surface area contributed by atoms with Crippen LogP contribution >= 0.6 is 0 Å². The average Bonchev–Trinajstić information content (AvgIpc) is 3.53. The highest BCUT2D eigenvalue weighted by molar-refractivity contribution is 6.13. The molecule has 0 heterocycles. The van der Waals surface area contributed by atoms with Crippen LogP contribution in [0.15, 0.2) is 77.9 Å². The van der Waals surface area contributed by atoms with Gasteiger partial charge in [0.2, 0.25) is 0 Å². The lowest BCUT2D eigenvalue weighted by Crippen LogP contribution is -2.41. The van der Waals surface area contributed by atoms with Crippen LogP contribution in [-0.4, -0.2) is 0 Å². The average molecular weight is 615 g/mol. The zero-order valence-corrected chi connectivity index (χ0v) is 30.0. The van der Waals surface area contributed by atoms with Crippen LogP contribution in [0.25, 0.3) is 33.0 Å². The van der Waals surface area contributed by atoms with Crippen molar-refractivity contribution < 1.29 is 0 Å². The smallest absolute Gasteiger partial charge is 0.0473 e. The van der Waals surface area contributed by atoms with Gasteiger partial charge >= 0.3 is 0 Å². The van der Waals surface area contributed by atoms with Crippen LogP contribution in [-0.2, 0) is 16.2 Å². The number of aryl methyl sites for hydroxylation is 3. The summed E-state index contributed by atoms with van der Waals surface area (Å²) in [6.07, 6.45) is 12.1. The second-order valence-electron chi connectivity index (χ2n) is 17.1. The van der Waals surface area contributed by atoms with E-state index in [1.807, 2.05) is 0 Å². The molecule has 0 bridgehead atoms. The summed E-state index contributed by atoms with van der Waals surface area (Å²) in [5.41, 5.74) is 22.2. The normalized spacial score (nSPS) is 25.0. The van der Waals surface area contributed by atoms with Crippen LogP contribution < -0.4 is 0 Å². The van der Waals surface area contributed by atoms with E-state index in [4.69, 9.17) is 0 Å². The first-order valence-corrected chi connectivity index (χ1v) is 18.4. The molecule has 238 valence electrons. The molecule has 0 radical (unpaired) electrons. The Bertz CT molecular complexity index is 2170. The minimum atomic E-state index is -0.173. The molecule has 4 aromatic rings. The van der Waals surface area contributed by atoms with Gasteiger partial charge in [0.05, 0.1) is 0 Å². The number of hydrogen-bond donors (Lipinski definition) is 0. The largest absolute Gasteiger partial charge is 0.0681 e. The third-order valence-corrected chi connectivity index (χ3v) is 13.4. The van der Waals surface area contributed by atoms with Gasteiger partial charge in [-0.1, -0.05) is 130 Å². The third-order valence-electron chi connectivity index (χ3n) is 13.4. The van der Waals surface area contributed by atoms with Crippen molar-refractivity contribution in [3.05, 3.63) is 128 Å².